The summed E-state index contributed by atoms with van der Waals surface area (Å²) in [4.78, 5) is 4.19. The van der Waals surface area contributed by atoms with Crippen LogP contribution in [-0.2, 0) is 0 Å². The maximum atomic E-state index is 5.75. The molecule has 2 rings (SSSR count). The van der Waals surface area contributed by atoms with Gasteiger partial charge in [0.15, 0.2) is 0 Å². The molecule has 0 saturated carbocycles. The van der Waals surface area contributed by atoms with Crippen LogP contribution in [0.5, 0.6) is 5.75 Å². The van der Waals surface area contributed by atoms with E-state index in [4.69, 9.17) is 4.74 Å². The van der Waals surface area contributed by atoms with Crippen LogP contribution in [0.4, 0.5) is 5.82 Å². The zero-order valence-corrected chi connectivity index (χ0v) is 10.8. The van der Waals surface area contributed by atoms with E-state index in [0.29, 0.717) is 6.61 Å². The minimum Gasteiger partial charge on any atom is -0.491 e. The van der Waals surface area contributed by atoms with Crippen molar-refractivity contribution in [2.45, 2.75) is 13.8 Å². The summed E-state index contributed by atoms with van der Waals surface area (Å²) in [5.41, 5.74) is 2.38. The second-order valence-electron chi connectivity index (χ2n) is 4.26. The molecule has 0 radical (unpaired) electrons. The molecular weight excluding hydrogens is 224 g/mol. The summed E-state index contributed by atoms with van der Waals surface area (Å²) < 4.78 is 5.75. The number of anilines is 1. The number of pyridine rings is 1. The van der Waals surface area contributed by atoms with Gasteiger partial charge < -0.3 is 10.1 Å². The minimum absolute atomic E-state index is 0.626. The lowest BCUT2D eigenvalue weighted by molar-refractivity contribution is 0.330. The van der Waals surface area contributed by atoms with Gasteiger partial charge in [-0.05, 0) is 43.2 Å². The molecule has 0 unspecified atom stereocenters. The molecule has 0 spiro atoms. The molecule has 0 amide bonds. The van der Waals surface area contributed by atoms with E-state index in [9.17, 15) is 0 Å². The van der Waals surface area contributed by atoms with E-state index >= 15 is 0 Å². The molecule has 1 heterocycles. The molecule has 0 bridgehead atoms. The number of nitrogens with one attached hydrogen (secondary N) is 1. The third-order valence-electron chi connectivity index (χ3n) is 2.67. The summed E-state index contributed by atoms with van der Waals surface area (Å²) in [6.07, 6.45) is 1.77. The lowest BCUT2D eigenvalue weighted by atomic mass is 10.1. The molecule has 1 N–H and O–H groups in total. The molecule has 0 atom stereocenters. The third-order valence-corrected chi connectivity index (χ3v) is 2.67. The van der Waals surface area contributed by atoms with Crippen LogP contribution in [0.15, 0.2) is 42.6 Å². The van der Waals surface area contributed by atoms with Crippen LogP contribution in [0, 0.1) is 13.8 Å². The highest BCUT2D eigenvalue weighted by atomic mass is 16.5. The molecule has 1 aromatic carbocycles. The number of hydrogen-bond acceptors (Lipinski definition) is 3. The Hall–Kier alpha value is -2.03. The average molecular weight is 242 g/mol. The molecule has 1 aromatic heterocycles. The second-order valence-corrected chi connectivity index (χ2v) is 4.26. The Morgan fingerprint density at radius 1 is 1.17 bits per heavy atom. The molecule has 0 aliphatic rings. The number of aryl methyl sites for hydroxylation is 2. The molecule has 3 nitrogen and oxygen atoms in total. The van der Waals surface area contributed by atoms with Gasteiger partial charge in [-0.25, -0.2) is 4.98 Å². The van der Waals surface area contributed by atoms with E-state index in [1.165, 1.54) is 11.1 Å². The SMILES string of the molecule is Cc1ccc(C)c(OCCNc2ccccn2)c1. The number of hydrogen-bond donors (Lipinski definition) is 1. The summed E-state index contributed by atoms with van der Waals surface area (Å²) in [6.45, 7) is 5.49. The number of aromatic nitrogens is 1. The summed E-state index contributed by atoms with van der Waals surface area (Å²) >= 11 is 0. The Balaban J connectivity index is 1.80. The van der Waals surface area contributed by atoms with Crippen LogP contribution in [0.1, 0.15) is 11.1 Å². The van der Waals surface area contributed by atoms with Crippen LogP contribution in [0.3, 0.4) is 0 Å². The topological polar surface area (TPSA) is 34.1 Å². The highest BCUT2D eigenvalue weighted by molar-refractivity contribution is 5.36. The standard InChI is InChI=1S/C15H18N2O/c1-12-6-7-13(2)14(11-12)18-10-9-17-15-5-3-4-8-16-15/h3-8,11H,9-10H2,1-2H3,(H,16,17). The lowest BCUT2D eigenvalue weighted by Gasteiger charge is -2.10. The number of benzene rings is 1. The van der Waals surface area contributed by atoms with Crippen molar-refractivity contribution in [3.05, 3.63) is 53.7 Å². The fourth-order valence-electron chi connectivity index (χ4n) is 1.67. The first-order chi connectivity index (χ1) is 8.75. The smallest absolute Gasteiger partial charge is 0.125 e. The maximum absolute atomic E-state index is 5.75. The predicted molar refractivity (Wildman–Crippen MR) is 74.1 cm³/mol. The Morgan fingerprint density at radius 3 is 2.83 bits per heavy atom. The van der Waals surface area contributed by atoms with Crippen LogP contribution >= 0.6 is 0 Å². The van der Waals surface area contributed by atoms with Gasteiger partial charge in [0, 0.05) is 6.20 Å². The van der Waals surface area contributed by atoms with E-state index in [0.717, 1.165) is 18.1 Å². The average Bonchev–Trinajstić information content (AvgIpc) is 2.40. The normalized spacial score (nSPS) is 10.1. The Labute approximate surface area is 108 Å². The molecule has 94 valence electrons. The number of rotatable bonds is 5. The largest absolute Gasteiger partial charge is 0.491 e. The monoisotopic (exact) mass is 242 g/mol. The van der Waals surface area contributed by atoms with Crippen molar-refractivity contribution in [2.75, 3.05) is 18.5 Å². The van der Waals surface area contributed by atoms with Crippen molar-refractivity contribution < 1.29 is 4.74 Å². The van der Waals surface area contributed by atoms with E-state index in [-0.39, 0.29) is 0 Å². The van der Waals surface area contributed by atoms with Crippen LogP contribution in [-0.4, -0.2) is 18.1 Å². The second kappa shape index (κ2) is 6.05. The van der Waals surface area contributed by atoms with Gasteiger partial charge in [0.2, 0.25) is 0 Å². The molecule has 0 aliphatic heterocycles. The van der Waals surface area contributed by atoms with Gasteiger partial charge in [-0.15, -0.1) is 0 Å². The summed E-state index contributed by atoms with van der Waals surface area (Å²) in [7, 11) is 0. The van der Waals surface area contributed by atoms with E-state index < -0.39 is 0 Å². The summed E-state index contributed by atoms with van der Waals surface area (Å²) in [5.74, 6) is 1.83. The van der Waals surface area contributed by atoms with Gasteiger partial charge in [0.1, 0.15) is 18.2 Å². The third kappa shape index (κ3) is 3.48. The van der Waals surface area contributed by atoms with Crippen LogP contribution in [0.25, 0.3) is 0 Å². The highest BCUT2D eigenvalue weighted by Gasteiger charge is 1.99. The molecule has 0 saturated heterocycles. The molecule has 0 aliphatic carbocycles. The van der Waals surface area contributed by atoms with E-state index in [1.807, 2.05) is 18.2 Å². The fraction of sp³-hybridized carbons (Fsp3) is 0.267. The molecular formula is C15H18N2O. The fourth-order valence-corrected chi connectivity index (χ4v) is 1.67. The van der Waals surface area contributed by atoms with Gasteiger partial charge in [0.25, 0.3) is 0 Å². The zero-order valence-electron chi connectivity index (χ0n) is 10.8. The van der Waals surface area contributed by atoms with Gasteiger partial charge >= 0.3 is 0 Å². The first-order valence-electron chi connectivity index (χ1n) is 6.10. The first kappa shape index (κ1) is 12.4. The Morgan fingerprint density at radius 2 is 2.06 bits per heavy atom. The Kier molecular flexibility index (Phi) is 4.18. The maximum Gasteiger partial charge on any atom is 0.125 e. The predicted octanol–water partition coefficient (Wildman–Crippen LogP) is 3.19. The van der Waals surface area contributed by atoms with E-state index in [2.05, 4.69) is 42.3 Å². The van der Waals surface area contributed by atoms with Crippen LogP contribution < -0.4 is 10.1 Å². The molecule has 18 heavy (non-hydrogen) atoms. The van der Waals surface area contributed by atoms with Crippen LogP contribution in [0.2, 0.25) is 0 Å². The van der Waals surface area contributed by atoms with Gasteiger partial charge in [-0.1, -0.05) is 18.2 Å². The van der Waals surface area contributed by atoms with Gasteiger partial charge in [-0.2, -0.15) is 0 Å². The van der Waals surface area contributed by atoms with Crippen molar-refractivity contribution in [2.24, 2.45) is 0 Å². The van der Waals surface area contributed by atoms with Gasteiger partial charge in [0.05, 0.1) is 6.54 Å². The van der Waals surface area contributed by atoms with Crippen molar-refractivity contribution in [3.63, 3.8) is 0 Å². The number of ether oxygens (including phenoxy) is 1. The van der Waals surface area contributed by atoms with Gasteiger partial charge in [-0.3, -0.25) is 0 Å². The molecule has 2 aromatic rings. The lowest BCUT2D eigenvalue weighted by Crippen LogP contribution is -2.12. The first-order valence-corrected chi connectivity index (χ1v) is 6.10. The van der Waals surface area contributed by atoms with Crippen molar-refractivity contribution >= 4 is 5.82 Å². The summed E-state index contributed by atoms with van der Waals surface area (Å²) in [5, 5.41) is 3.21. The molecule has 0 fully saturated rings. The van der Waals surface area contributed by atoms with E-state index in [1.54, 1.807) is 6.20 Å². The summed E-state index contributed by atoms with van der Waals surface area (Å²) in [6, 6.07) is 12.0. The minimum atomic E-state index is 0.626. The Bertz CT molecular complexity index is 497. The quantitative estimate of drug-likeness (QED) is 0.818. The van der Waals surface area contributed by atoms with Crippen molar-refractivity contribution in [3.8, 4) is 5.75 Å². The number of nitrogens with zero attached hydrogens (tertiary/aromatic N) is 1. The van der Waals surface area contributed by atoms with Crippen molar-refractivity contribution in [1.29, 1.82) is 0 Å². The zero-order chi connectivity index (χ0) is 12.8. The molecule has 3 heteroatoms. The van der Waals surface area contributed by atoms with Crippen molar-refractivity contribution in [1.82, 2.24) is 4.98 Å². The highest BCUT2D eigenvalue weighted by Crippen LogP contribution is 2.18.